The second kappa shape index (κ2) is 5.51. The van der Waals surface area contributed by atoms with Crippen LogP contribution >= 0.6 is 0 Å². The number of esters is 1. The van der Waals surface area contributed by atoms with E-state index in [1.165, 1.54) is 31.9 Å². The Bertz CT molecular complexity index is 403. The van der Waals surface area contributed by atoms with E-state index in [2.05, 4.69) is 0 Å². The average molecular weight is 250 g/mol. The number of benzene rings is 1. The molecule has 98 valence electrons. The van der Waals surface area contributed by atoms with Crippen LogP contribution in [0.15, 0.2) is 24.3 Å². The lowest BCUT2D eigenvalue weighted by Crippen LogP contribution is -2.31. The minimum Gasteiger partial charge on any atom is -0.454 e. The number of carbonyl (C=O) groups excluding carboxylic acids is 1. The summed E-state index contributed by atoms with van der Waals surface area (Å²) < 4.78 is 18.6. The molecule has 0 aliphatic heterocycles. The van der Waals surface area contributed by atoms with Crippen molar-refractivity contribution in [1.29, 1.82) is 0 Å². The Morgan fingerprint density at radius 1 is 1.11 bits per heavy atom. The van der Waals surface area contributed by atoms with Crippen molar-refractivity contribution in [3.05, 3.63) is 35.6 Å². The van der Waals surface area contributed by atoms with Crippen LogP contribution in [0.4, 0.5) is 4.39 Å². The highest BCUT2D eigenvalue weighted by Crippen LogP contribution is 2.39. The molecule has 1 aromatic rings. The van der Waals surface area contributed by atoms with Crippen molar-refractivity contribution >= 4 is 5.97 Å². The fourth-order valence-corrected chi connectivity index (χ4v) is 2.78. The second-order valence-corrected chi connectivity index (χ2v) is 5.01. The number of hydrogen-bond acceptors (Lipinski definition) is 2. The first-order valence-corrected chi connectivity index (χ1v) is 6.58. The molecule has 2 nitrogen and oxygen atoms in total. The molecule has 0 heterocycles. The van der Waals surface area contributed by atoms with Crippen LogP contribution in [0.5, 0.6) is 0 Å². The summed E-state index contributed by atoms with van der Waals surface area (Å²) in [6.07, 6.45) is 6.10. The molecule has 0 spiro atoms. The topological polar surface area (TPSA) is 26.3 Å². The number of carbonyl (C=O) groups is 1. The van der Waals surface area contributed by atoms with Crippen LogP contribution in [0.3, 0.4) is 0 Å². The molecule has 0 amide bonds. The monoisotopic (exact) mass is 250 g/mol. The molecular formula is C15H19FO2. The quantitative estimate of drug-likeness (QED) is 0.587. The fourth-order valence-electron chi connectivity index (χ4n) is 2.78. The first-order chi connectivity index (χ1) is 8.62. The lowest BCUT2D eigenvalue weighted by Gasteiger charge is -2.32. The number of rotatable bonds is 2. The van der Waals surface area contributed by atoms with Gasteiger partial charge in [0, 0.05) is 6.92 Å². The minimum absolute atomic E-state index is 0.259. The van der Waals surface area contributed by atoms with Crippen LogP contribution in [0, 0.1) is 5.82 Å². The number of ether oxygens (including phenoxy) is 1. The Labute approximate surface area is 107 Å². The van der Waals surface area contributed by atoms with E-state index in [0.29, 0.717) is 0 Å². The zero-order chi connectivity index (χ0) is 13.0. The predicted molar refractivity (Wildman–Crippen MR) is 67.5 cm³/mol. The van der Waals surface area contributed by atoms with Crippen LogP contribution in [0.1, 0.15) is 51.0 Å². The Kier molecular flexibility index (Phi) is 4.00. The highest BCUT2D eigenvalue weighted by Gasteiger charge is 2.35. The zero-order valence-corrected chi connectivity index (χ0v) is 10.7. The van der Waals surface area contributed by atoms with Gasteiger partial charge in [-0.3, -0.25) is 4.79 Å². The van der Waals surface area contributed by atoms with E-state index in [9.17, 15) is 9.18 Å². The van der Waals surface area contributed by atoms with Gasteiger partial charge in [0.05, 0.1) is 0 Å². The first kappa shape index (κ1) is 13.1. The summed E-state index contributed by atoms with van der Waals surface area (Å²) in [4.78, 5) is 11.4. The molecule has 1 aromatic carbocycles. The van der Waals surface area contributed by atoms with Crippen molar-refractivity contribution in [1.82, 2.24) is 0 Å². The van der Waals surface area contributed by atoms with Crippen LogP contribution in [0.25, 0.3) is 0 Å². The molecule has 0 aromatic heterocycles. The standard InChI is InChI=1S/C15H19FO2/c1-12(17)18-15(10-4-2-3-5-11-15)13-6-8-14(16)9-7-13/h6-9H,2-5,10-11H2,1H3. The maximum absolute atomic E-state index is 13.0. The third kappa shape index (κ3) is 2.89. The maximum atomic E-state index is 13.0. The largest absolute Gasteiger partial charge is 0.454 e. The molecule has 2 rings (SSSR count). The summed E-state index contributed by atoms with van der Waals surface area (Å²) in [5.41, 5.74) is 0.372. The van der Waals surface area contributed by atoms with Gasteiger partial charge < -0.3 is 4.74 Å². The number of halogens is 1. The van der Waals surface area contributed by atoms with Crippen molar-refractivity contribution < 1.29 is 13.9 Å². The SMILES string of the molecule is CC(=O)OC1(c2ccc(F)cc2)CCCCCC1. The van der Waals surface area contributed by atoms with Gasteiger partial charge in [-0.2, -0.15) is 0 Å². The Hall–Kier alpha value is -1.38. The van der Waals surface area contributed by atoms with E-state index in [4.69, 9.17) is 4.74 Å². The minimum atomic E-state index is -0.546. The summed E-state index contributed by atoms with van der Waals surface area (Å²) in [5.74, 6) is -0.522. The van der Waals surface area contributed by atoms with Gasteiger partial charge in [0.2, 0.25) is 0 Å². The molecular weight excluding hydrogens is 231 g/mol. The van der Waals surface area contributed by atoms with Crippen LogP contribution in [0.2, 0.25) is 0 Å². The molecule has 18 heavy (non-hydrogen) atoms. The molecule has 0 unspecified atom stereocenters. The molecule has 0 N–H and O–H groups in total. The summed E-state index contributed by atoms with van der Waals surface area (Å²) >= 11 is 0. The van der Waals surface area contributed by atoms with Gasteiger partial charge in [0.25, 0.3) is 0 Å². The van der Waals surface area contributed by atoms with E-state index in [-0.39, 0.29) is 11.8 Å². The molecule has 1 saturated carbocycles. The summed E-state index contributed by atoms with van der Waals surface area (Å²) in [6.45, 7) is 1.44. The molecule has 1 fully saturated rings. The van der Waals surface area contributed by atoms with Crippen molar-refractivity contribution in [2.45, 2.75) is 51.0 Å². The van der Waals surface area contributed by atoms with Crippen molar-refractivity contribution in [3.8, 4) is 0 Å². The van der Waals surface area contributed by atoms with Crippen molar-refractivity contribution in [3.63, 3.8) is 0 Å². The first-order valence-electron chi connectivity index (χ1n) is 6.58. The molecule has 3 heteroatoms. The highest BCUT2D eigenvalue weighted by atomic mass is 19.1. The van der Waals surface area contributed by atoms with E-state index in [1.54, 1.807) is 12.1 Å². The summed E-state index contributed by atoms with van der Waals surface area (Å²) in [7, 11) is 0. The number of hydrogen-bond donors (Lipinski definition) is 0. The Morgan fingerprint density at radius 2 is 1.67 bits per heavy atom. The highest BCUT2D eigenvalue weighted by molar-refractivity contribution is 5.66. The zero-order valence-electron chi connectivity index (χ0n) is 10.7. The van der Waals surface area contributed by atoms with Gasteiger partial charge in [0.1, 0.15) is 11.4 Å². The molecule has 0 atom stereocenters. The molecule has 1 aliphatic carbocycles. The van der Waals surface area contributed by atoms with Gasteiger partial charge in [-0.1, -0.05) is 25.0 Å². The third-order valence-corrected chi connectivity index (χ3v) is 3.62. The van der Waals surface area contributed by atoms with Gasteiger partial charge in [-0.05, 0) is 43.4 Å². The van der Waals surface area contributed by atoms with Crippen molar-refractivity contribution in [2.24, 2.45) is 0 Å². The maximum Gasteiger partial charge on any atom is 0.303 e. The predicted octanol–water partition coefficient (Wildman–Crippen LogP) is 3.94. The fraction of sp³-hybridized carbons (Fsp3) is 0.533. The Balaban J connectivity index is 2.33. The van der Waals surface area contributed by atoms with Crippen LogP contribution in [-0.4, -0.2) is 5.97 Å². The molecule has 0 saturated heterocycles. The summed E-state index contributed by atoms with van der Waals surface area (Å²) in [6, 6.07) is 6.35. The van der Waals surface area contributed by atoms with Gasteiger partial charge in [-0.25, -0.2) is 4.39 Å². The van der Waals surface area contributed by atoms with E-state index in [1.807, 2.05) is 0 Å². The van der Waals surface area contributed by atoms with Crippen LogP contribution in [-0.2, 0) is 15.1 Å². The second-order valence-electron chi connectivity index (χ2n) is 5.01. The average Bonchev–Trinajstić information content (AvgIpc) is 2.55. The van der Waals surface area contributed by atoms with Gasteiger partial charge >= 0.3 is 5.97 Å². The van der Waals surface area contributed by atoms with E-state index < -0.39 is 5.60 Å². The van der Waals surface area contributed by atoms with E-state index in [0.717, 1.165) is 31.2 Å². The summed E-state index contributed by atoms with van der Waals surface area (Å²) in [5, 5.41) is 0. The lowest BCUT2D eigenvalue weighted by molar-refractivity contribution is -0.160. The van der Waals surface area contributed by atoms with Gasteiger partial charge in [-0.15, -0.1) is 0 Å². The Morgan fingerprint density at radius 3 is 2.17 bits per heavy atom. The lowest BCUT2D eigenvalue weighted by atomic mass is 9.86. The third-order valence-electron chi connectivity index (χ3n) is 3.62. The smallest absolute Gasteiger partial charge is 0.303 e. The van der Waals surface area contributed by atoms with Crippen LogP contribution < -0.4 is 0 Å². The molecule has 0 radical (unpaired) electrons. The van der Waals surface area contributed by atoms with Crippen molar-refractivity contribution in [2.75, 3.05) is 0 Å². The van der Waals surface area contributed by atoms with Gasteiger partial charge in [0.15, 0.2) is 0 Å². The normalized spacial score (nSPS) is 19.0. The molecule has 1 aliphatic rings. The van der Waals surface area contributed by atoms with E-state index >= 15 is 0 Å². The molecule has 0 bridgehead atoms.